The van der Waals surface area contributed by atoms with Crippen LogP contribution in [0.2, 0.25) is 0 Å². The Kier molecular flexibility index (Phi) is 18.5. The van der Waals surface area contributed by atoms with Crippen LogP contribution < -0.4 is 24.2 Å². The summed E-state index contributed by atoms with van der Waals surface area (Å²) < 4.78 is 0. The average Bonchev–Trinajstić information content (AvgIpc) is 2.10. The smallest absolute Gasteiger partial charge is 1.00 e. The average molecular weight is 179 g/mol. The van der Waals surface area contributed by atoms with Gasteiger partial charge in [0.15, 0.2) is 0 Å². The van der Waals surface area contributed by atoms with E-state index in [-0.39, 0.29) is 20.3 Å². The van der Waals surface area contributed by atoms with E-state index in [9.17, 15) is 0 Å². The van der Waals surface area contributed by atoms with Gasteiger partial charge in [-0.2, -0.15) is 0 Å². The minimum absolute atomic E-state index is 0. The largest absolute Gasteiger partial charge is 1.00 e. The third-order valence-corrected chi connectivity index (χ3v) is 2.21. The zero-order valence-electron chi connectivity index (χ0n) is 10.9. The van der Waals surface area contributed by atoms with Crippen LogP contribution in [0.5, 0.6) is 0 Å². The summed E-state index contributed by atoms with van der Waals surface area (Å²) in [5.74, 6) is 0. The third kappa shape index (κ3) is 15.3. The van der Waals surface area contributed by atoms with Crippen molar-refractivity contribution in [1.29, 1.82) is 0 Å². The third-order valence-electron chi connectivity index (χ3n) is 2.21. The van der Waals surface area contributed by atoms with Crippen molar-refractivity contribution >= 4 is 0 Å². The van der Waals surface area contributed by atoms with E-state index in [1.807, 2.05) is 0 Å². The molecule has 0 aliphatic heterocycles. The van der Waals surface area contributed by atoms with Crippen LogP contribution in [0.25, 0.3) is 0 Å². The summed E-state index contributed by atoms with van der Waals surface area (Å²) in [6.07, 6.45) is 9.88. The Morgan fingerprint density at radius 2 is 1.38 bits per heavy atom. The maximum absolute atomic E-state index is 3.35. The molecule has 0 saturated heterocycles. The quantitative estimate of drug-likeness (QED) is 0.400. The van der Waals surface area contributed by atoms with Gasteiger partial charge in [-0.1, -0.05) is 52.4 Å². The van der Waals surface area contributed by atoms with Gasteiger partial charge in [-0.25, -0.2) is 0 Å². The van der Waals surface area contributed by atoms with Crippen LogP contribution in [0, 0.1) is 0 Å². The molecule has 0 unspecified atom stereocenters. The molecule has 0 radical (unpaired) electrons. The predicted octanol–water partition coefficient (Wildman–Crippen LogP) is 0.463. The molecule has 1 N–H and O–H groups in total. The summed E-state index contributed by atoms with van der Waals surface area (Å²) in [4.78, 5) is 0. The molecule has 0 spiro atoms. The van der Waals surface area contributed by atoms with Crippen molar-refractivity contribution in [3.05, 3.63) is 0 Å². The molecule has 0 aromatic carbocycles. The van der Waals surface area contributed by atoms with Gasteiger partial charge in [-0.3, -0.25) is 0 Å². The SMILES string of the molecule is CCCCCCCCCNCC.[H-].[Li+]. The number of rotatable bonds is 9. The molecule has 76 valence electrons. The Hall–Kier alpha value is 0.557. The number of hydrogen-bond acceptors (Lipinski definition) is 1. The Bertz CT molecular complexity index is 71.7. The molecule has 0 aromatic rings. The first-order valence-corrected chi connectivity index (χ1v) is 5.62. The van der Waals surface area contributed by atoms with E-state index in [0.29, 0.717) is 0 Å². The molecule has 0 bridgehead atoms. The predicted molar refractivity (Wildman–Crippen MR) is 57.6 cm³/mol. The fourth-order valence-electron chi connectivity index (χ4n) is 1.38. The molecular formula is C11H26LiN. The van der Waals surface area contributed by atoms with Gasteiger partial charge in [0.1, 0.15) is 0 Å². The van der Waals surface area contributed by atoms with E-state index in [4.69, 9.17) is 0 Å². The minimum Gasteiger partial charge on any atom is -1.00 e. The maximum Gasteiger partial charge on any atom is 1.00 e. The first-order valence-electron chi connectivity index (χ1n) is 5.62. The van der Waals surface area contributed by atoms with Gasteiger partial charge < -0.3 is 6.74 Å². The first-order chi connectivity index (χ1) is 5.91. The second kappa shape index (κ2) is 15.0. The summed E-state index contributed by atoms with van der Waals surface area (Å²) in [6, 6.07) is 0. The Morgan fingerprint density at radius 3 is 1.92 bits per heavy atom. The van der Waals surface area contributed by atoms with Gasteiger partial charge in [-0.05, 0) is 19.5 Å². The summed E-state index contributed by atoms with van der Waals surface area (Å²) in [6.45, 7) is 6.77. The number of unbranched alkanes of at least 4 members (excludes halogenated alkanes) is 6. The first kappa shape index (κ1) is 16.0. The Balaban J connectivity index is -0.000000605. The molecule has 0 atom stereocenters. The molecule has 0 fully saturated rings. The van der Waals surface area contributed by atoms with E-state index >= 15 is 0 Å². The topological polar surface area (TPSA) is 12.0 Å². The van der Waals surface area contributed by atoms with Gasteiger partial charge in [-0.15, -0.1) is 0 Å². The van der Waals surface area contributed by atoms with Gasteiger partial charge in [0, 0.05) is 0 Å². The van der Waals surface area contributed by atoms with Crippen LogP contribution in [-0.2, 0) is 0 Å². The normalized spacial score (nSPS) is 9.69. The van der Waals surface area contributed by atoms with E-state index in [1.165, 1.54) is 51.5 Å². The van der Waals surface area contributed by atoms with Gasteiger partial charge >= 0.3 is 18.9 Å². The van der Waals surface area contributed by atoms with Crippen molar-refractivity contribution in [2.75, 3.05) is 13.1 Å². The van der Waals surface area contributed by atoms with Crippen LogP contribution in [0.4, 0.5) is 0 Å². The van der Waals surface area contributed by atoms with E-state index < -0.39 is 0 Å². The fraction of sp³-hybridized carbons (Fsp3) is 1.00. The second-order valence-corrected chi connectivity index (χ2v) is 3.47. The molecule has 13 heavy (non-hydrogen) atoms. The Morgan fingerprint density at radius 1 is 0.846 bits per heavy atom. The monoisotopic (exact) mass is 179 g/mol. The van der Waals surface area contributed by atoms with Crippen molar-refractivity contribution in [2.45, 2.75) is 58.8 Å². The van der Waals surface area contributed by atoms with Crippen molar-refractivity contribution in [2.24, 2.45) is 0 Å². The van der Waals surface area contributed by atoms with Crippen LogP contribution in [-0.4, -0.2) is 13.1 Å². The number of nitrogens with one attached hydrogen (secondary N) is 1. The van der Waals surface area contributed by atoms with Gasteiger partial charge in [0.2, 0.25) is 0 Å². The number of hydrogen-bond donors (Lipinski definition) is 1. The Labute approximate surface area is 97.7 Å². The van der Waals surface area contributed by atoms with E-state index in [2.05, 4.69) is 19.2 Å². The zero-order chi connectivity index (χ0) is 9.07. The van der Waals surface area contributed by atoms with Crippen molar-refractivity contribution < 1.29 is 20.3 Å². The van der Waals surface area contributed by atoms with Crippen LogP contribution in [0.15, 0.2) is 0 Å². The fourth-order valence-corrected chi connectivity index (χ4v) is 1.38. The minimum atomic E-state index is 0. The van der Waals surface area contributed by atoms with Gasteiger partial charge in [0.25, 0.3) is 0 Å². The van der Waals surface area contributed by atoms with Crippen molar-refractivity contribution in [3.63, 3.8) is 0 Å². The van der Waals surface area contributed by atoms with E-state index in [0.717, 1.165) is 6.54 Å². The van der Waals surface area contributed by atoms with Crippen LogP contribution >= 0.6 is 0 Å². The van der Waals surface area contributed by atoms with E-state index in [1.54, 1.807) is 0 Å². The van der Waals surface area contributed by atoms with Crippen molar-refractivity contribution in [1.82, 2.24) is 5.32 Å². The molecule has 2 heteroatoms. The molecule has 1 nitrogen and oxygen atoms in total. The molecule has 0 amide bonds. The summed E-state index contributed by atoms with van der Waals surface area (Å²) in [7, 11) is 0. The van der Waals surface area contributed by atoms with Crippen molar-refractivity contribution in [3.8, 4) is 0 Å². The molecule has 0 rings (SSSR count). The molecule has 0 aliphatic carbocycles. The summed E-state index contributed by atoms with van der Waals surface area (Å²) in [5.41, 5.74) is 0. The summed E-state index contributed by atoms with van der Waals surface area (Å²) >= 11 is 0. The molecular weight excluding hydrogens is 153 g/mol. The molecule has 0 aromatic heterocycles. The summed E-state index contributed by atoms with van der Waals surface area (Å²) in [5, 5.41) is 3.35. The van der Waals surface area contributed by atoms with Crippen LogP contribution in [0.3, 0.4) is 0 Å². The molecule has 0 aliphatic rings. The maximum atomic E-state index is 3.35. The van der Waals surface area contributed by atoms with Gasteiger partial charge in [0.05, 0.1) is 0 Å². The standard InChI is InChI=1S/C11H25N.Li.H/c1-3-5-6-7-8-9-10-11-12-4-2;;/h12H,3-11H2,1-2H3;;/q;+1;-1. The molecule has 0 saturated carbocycles. The van der Waals surface area contributed by atoms with Crippen LogP contribution in [0.1, 0.15) is 60.2 Å². The molecule has 0 heterocycles. The second-order valence-electron chi connectivity index (χ2n) is 3.47. The zero-order valence-corrected chi connectivity index (χ0v) is 9.86.